The lowest BCUT2D eigenvalue weighted by Crippen LogP contribution is -2.30. The van der Waals surface area contributed by atoms with Crippen LogP contribution in [0.3, 0.4) is 0 Å². The largest absolute Gasteiger partial charge is 0.497 e. The number of hydrogen-bond donors (Lipinski definition) is 0. The highest BCUT2D eigenvalue weighted by Gasteiger charge is 1.96. The number of methoxy groups -OCH3 is 2. The van der Waals surface area contributed by atoms with Gasteiger partial charge in [-0.15, -0.1) is 0 Å². The van der Waals surface area contributed by atoms with Gasteiger partial charge in [-0.25, -0.2) is 0 Å². The maximum atomic E-state index is 5.22. The van der Waals surface area contributed by atoms with E-state index in [9.17, 15) is 0 Å². The molecule has 0 fully saturated rings. The highest BCUT2D eigenvalue weighted by atomic mass is 16.5. The van der Waals surface area contributed by atoms with Crippen molar-refractivity contribution in [2.45, 2.75) is 0 Å². The van der Waals surface area contributed by atoms with Crippen LogP contribution in [0.4, 0.5) is 0 Å². The predicted octanol–water partition coefficient (Wildman–Crippen LogP) is 0.133. The van der Waals surface area contributed by atoms with Crippen molar-refractivity contribution < 1.29 is 9.47 Å². The fourth-order valence-corrected chi connectivity index (χ4v) is 2.04. The molecular weight excluding hydrogens is 252 g/mol. The Hall–Kier alpha value is -2.62. The molecule has 1 heterocycles. The Labute approximate surface area is 116 Å². The second-order valence-electron chi connectivity index (χ2n) is 4.37. The summed E-state index contributed by atoms with van der Waals surface area (Å²) in [5.74, 6) is 1.59. The van der Waals surface area contributed by atoms with Crippen LogP contribution in [-0.2, 0) is 0 Å². The van der Waals surface area contributed by atoms with Crippen molar-refractivity contribution in [3.8, 4) is 11.5 Å². The summed E-state index contributed by atoms with van der Waals surface area (Å²) in [7, 11) is 3.29. The van der Waals surface area contributed by atoms with Gasteiger partial charge in [-0.2, -0.15) is 0 Å². The van der Waals surface area contributed by atoms with E-state index in [2.05, 4.69) is 9.98 Å². The molecule has 0 radical (unpaired) electrons. The topological polar surface area (TPSA) is 43.2 Å². The van der Waals surface area contributed by atoms with Crippen molar-refractivity contribution >= 4 is 12.4 Å². The van der Waals surface area contributed by atoms with Gasteiger partial charge < -0.3 is 9.47 Å². The molecular formula is C16H14N2O2. The molecule has 0 bridgehead atoms. The second-order valence-corrected chi connectivity index (χ2v) is 4.37. The maximum Gasteiger partial charge on any atom is 0.119 e. The van der Waals surface area contributed by atoms with Gasteiger partial charge in [0.05, 0.1) is 24.9 Å². The third-order valence-electron chi connectivity index (χ3n) is 3.15. The fraction of sp³-hybridized carbons (Fsp3) is 0.125. The van der Waals surface area contributed by atoms with Crippen LogP contribution in [0.1, 0.15) is 0 Å². The number of nitrogens with zero attached hydrogens (tertiary/aromatic N) is 2. The zero-order chi connectivity index (χ0) is 13.9. The van der Waals surface area contributed by atoms with Crippen molar-refractivity contribution in [3.63, 3.8) is 0 Å². The predicted molar refractivity (Wildman–Crippen MR) is 76.5 cm³/mol. The first kappa shape index (κ1) is 12.4. The Balaban J connectivity index is 2.28. The van der Waals surface area contributed by atoms with E-state index in [1.807, 2.05) is 36.4 Å². The molecule has 0 aliphatic carbocycles. The van der Waals surface area contributed by atoms with Crippen LogP contribution in [-0.4, -0.2) is 14.2 Å². The molecule has 0 saturated heterocycles. The molecule has 1 aliphatic heterocycles. The lowest BCUT2D eigenvalue weighted by atomic mass is 10.2. The van der Waals surface area contributed by atoms with Crippen LogP contribution in [0.2, 0.25) is 0 Å². The van der Waals surface area contributed by atoms with Crippen molar-refractivity contribution in [2.75, 3.05) is 14.2 Å². The summed E-state index contributed by atoms with van der Waals surface area (Å²) in [6, 6.07) is 11.5. The van der Waals surface area contributed by atoms with E-state index in [0.29, 0.717) is 0 Å². The Morgan fingerprint density at radius 2 is 1.15 bits per heavy atom. The van der Waals surface area contributed by atoms with Crippen molar-refractivity contribution in [3.05, 3.63) is 57.5 Å². The minimum absolute atomic E-state index is 0.793. The summed E-state index contributed by atoms with van der Waals surface area (Å²) >= 11 is 0. The Kier molecular flexibility index (Phi) is 3.21. The number of ether oxygens (including phenoxy) is 2. The monoisotopic (exact) mass is 266 g/mol. The summed E-state index contributed by atoms with van der Waals surface area (Å²) in [5.41, 5.74) is 0. The first-order valence-electron chi connectivity index (χ1n) is 6.24. The van der Waals surface area contributed by atoms with Gasteiger partial charge in [0.15, 0.2) is 0 Å². The van der Waals surface area contributed by atoms with E-state index in [-0.39, 0.29) is 0 Å². The molecule has 0 unspecified atom stereocenters. The molecule has 100 valence electrons. The standard InChI is InChI=1S/C16H14N2O2/c1-19-13-3-5-15-11(7-13)9-17-16-6-4-14(20-2)8-12(16)10-18-15/h3-10H,1-2H3. The van der Waals surface area contributed by atoms with Crippen molar-refractivity contribution in [2.24, 2.45) is 9.98 Å². The summed E-state index contributed by atoms with van der Waals surface area (Å²) in [6.45, 7) is 0. The average Bonchev–Trinajstić information content (AvgIpc) is 2.49. The van der Waals surface area contributed by atoms with Crippen molar-refractivity contribution in [1.29, 1.82) is 0 Å². The van der Waals surface area contributed by atoms with Gasteiger partial charge in [0.25, 0.3) is 0 Å². The zero-order valence-electron chi connectivity index (χ0n) is 11.3. The van der Waals surface area contributed by atoms with Gasteiger partial charge in [0.1, 0.15) is 11.5 Å². The van der Waals surface area contributed by atoms with Crippen LogP contribution >= 0.6 is 0 Å². The van der Waals surface area contributed by atoms with Crippen LogP contribution in [0, 0.1) is 0 Å². The van der Waals surface area contributed by atoms with E-state index >= 15 is 0 Å². The quantitative estimate of drug-likeness (QED) is 0.775. The highest BCUT2D eigenvalue weighted by Crippen LogP contribution is 2.03. The molecule has 4 nitrogen and oxygen atoms in total. The number of fused-ring (bicyclic) bond motifs is 2. The smallest absolute Gasteiger partial charge is 0.119 e. The van der Waals surface area contributed by atoms with E-state index in [4.69, 9.17) is 9.47 Å². The highest BCUT2D eigenvalue weighted by molar-refractivity contribution is 5.36. The zero-order valence-corrected chi connectivity index (χ0v) is 11.3. The summed E-state index contributed by atoms with van der Waals surface area (Å²) in [4.78, 5) is 9.02. The van der Waals surface area contributed by atoms with Gasteiger partial charge in [-0.05, 0) is 36.4 Å². The third kappa shape index (κ3) is 2.28. The first-order valence-corrected chi connectivity index (χ1v) is 6.24. The molecule has 20 heavy (non-hydrogen) atoms. The molecule has 2 aromatic carbocycles. The normalized spacial score (nSPS) is 12.1. The van der Waals surface area contributed by atoms with Crippen LogP contribution < -0.4 is 30.6 Å². The fourth-order valence-electron chi connectivity index (χ4n) is 2.04. The van der Waals surface area contributed by atoms with Crippen LogP contribution in [0.15, 0.2) is 46.4 Å². The lowest BCUT2D eigenvalue weighted by Gasteiger charge is -2.00. The van der Waals surface area contributed by atoms with E-state index in [1.165, 1.54) is 0 Å². The minimum atomic E-state index is 0.793. The molecule has 0 aromatic heterocycles. The van der Waals surface area contributed by atoms with Gasteiger partial charge in [-0.3, -0.25) is 9.98 Å². The van der Waals surface area contributed by atoms with E-state index in [1.54, 1.807) is 26.6 Å². The summed E-state index contributed by atoms with van der Waals surface area (Å²) in [5, 5.41) is 3.59. The summed E-state index contributed by atoms with van der Waals surface area (Å²) < 4.78 is 10.4. The first-order chi connectivity index (χ1) is 9.80. The Bertz CT molecular complexity index is 810. The van der Waals surface area contributed by atoms with E-state index in [0.717, 1.165) is 32.7 Å². The molecule has 2 aromatic rings. The molecule has 1 aliphatic rings. The third-order valence-corrected chi connectivity index (χ3v) is 3.15. The van der Waals surface area contributed by atoms with Gasteiger partial charge in [0.2, 0.25) is 0 Å². The Morgan fingerprint density at radius 1 is 0.700 bits per heavy atom. The van der Waals surface area contributed by atoms with Gasteiger partial charge in [0, 0.05) is 22.8 Å². The summed E-state index contributed by atoms with van der Waals surface area (Å²) in [6.07, 6.45) is 3.61. The second kappa shape index (κ2) is 5.17. The van der Waals surface area contributed by atoms with Gasteiger partial charge >= 0.3 is 0 Å². The molecule has 0 amide bonds. The molecule has 4 heteroatoms. The molecule has 3 rings (SSSR count). The Morgan fingerprint density at radius 3 is 1.55 bits per heavy atom. The van der Waals surface area contributed by atoms with Gasteiger partial charge in [-0.1, -0.05) is 0 Å². The number of rotatable bonds is 2. The molecule has 0 spiro atoms. The SMILES string of the molecule is COc1ccc2c(c1)=CN=c1ccc(OC)cc1=CN=2. The van der Waals surface area contributed by atoms with E-state index < -0.39 is 0 Å². The molecule has 0 N–H and O–H groups in total. The van der Waals surface area contributed by atoms with Crippen LogP contribution in [0.5, 0.6) is 11.5 Å². The van der Waals surface area contributed by atoms with Crippen molar-refractivity contribution in [1.82, 2.24) is 0 Å². The molecule has 0 saturated carbocycles. The lowest BCUT2D eigenvalue weighted by molar-refractivity contribution is 0.414. The molecule has 0 atom stereocenters. The van der Waals surface area contributed by atoms with Crippen LogP contribution in [0.25, 0.3) is 12.4 Å². The number of hydrogen-bond acceptors (Lipinski definition) is 4. The number of benzene rings is 2. The minimum Gasteiger partial charge on any atom is -0.497 e. The maximum absolute atomic E-state index is 5.22. The average molecular weight is 266 g/mol.